The van der Waals surface area contributed by atoms with Crippen molar-refractivity contribution >= 4 is 0 Å². The molecule has 0 bridgehead atoms. The predicted molar refractivity (Wildman–Crippen MR) is 63.9 cm³/mol. The number of benzene rings is 1. The van der Waals surface area contributed by atoms with Gasteiger partial charge in [-0.05, 0) is 43.2 Å². The van der Waals surface area contributed by atoms with Gasteiger partial charge in [0.2, 0.25) is 0 Å². The number of rotatable bonds is 4. The molecule has 2 aromatic rings. The van der Waals surface area contributed by atoms with Crippen molar-refractivity contribution < 1.29 is 13.9 Å². The van der Waals surface area contributed by atoms with Crippen LogP contribution in [0.3, 0.4) is 0 Å². The molecule has 94 valence electrons. The summed E-state index contributed by atoms with van der Waals surface area (Å²) in [4.78, 5) is 4.11. The molecule has 4 heteroatoms. The molecule has 0 aliphatic heterocycles. The Balaban J connectivity index is 2.03. The summed E-state index contributed by atoms with van der Waals surface area (Å²) in [6.45, 7) is 0. The van der Waals surface area contributed by atoms with E-state index in [9.17, 15) is 13.9 Å². The Morgan fingerprint density at radius 3 is 2.72 bits per heavy atom. The van der Waals surface area contributed by atoms with Gasteiger partial charge in [0.05, 0.1) is 6.10 Å². The van der Waals surface area contributed by atoms with Crippen molar-refractivity contribution in [3.8, 4) is 0 Å². The molecule has 1 aromatic carbocycles. The Bertz CT molecular complexity index is 516. The van der Waals surface area contributed by atoms with Crippen LogP contribution < -0.4 is 0 Å². The van der Waals surface area contributed by atoms with Crippen LogP contribution >= 0.6 is 0 Å². The summed E-state index contributed by atoms with van der Waals surface area (Å²) < 4.78 is 26.4. The second kappa shape index (κ2) is 5.69. The van der Waals surface area contributed by atoms with Crippen molar-refractivity contribution in [1.82, 2.24) is 4.98 Å². The number of hydrogen-bond acceptors (Lipinski definition) is 2. The van der Waals surface area contributed by atoms with Crippen LogP contribution in [0.25, 0.3) is 0 Å². The van der Waals surface area contributed by atoms with E-state index >= 15 is 0 Å². The van der Waals surface area contributed by atoms with Crippen molar-refractivity contribution in [2.75, 3.05) is 0 Å². The number of nitrogens with zero attached hydrogens (tertiary/aromatic N) is 1. The quantitative estimate of drug-likeness (QED) is 0.903. The third kappa shape index (κ3) is 3.11. The minimum absolute atomic E-state index is 0.00840. The van der Waals surface area contributed by atoms with Gasteiger partial charge in [0, 0.05) is 17.5 Å². The topological polar surface area (TPSA) is 33.1 Å². The lowest BCUT2D eigenvalue weighted by molar-refractivity contribution is 0.162. The summed E-state index contributed by atoms with van der Waals surface area (Å²) in [7, 11) is 0. The predicted octanol–water partition coefficient (Wildman–Crippen LogP) is 3.03. The van der Waals surface area contributed by atoms with E-state index in [2.05, 4.69) is 4.98 Å². The van der Waals surface area contributed by atoms with Gasteiger partial charge in [0.15, 0.2) is 0 Å². The van der Waals surface area contributed by atoms with E-state index in [0.29, 0.717) is 12.8 Å². The van der Waals surface area contributed by atoms with Crippen molar-refractivity contribution in [2.45, 2.75) is 18.9 Å². The van der Waals surface area contributed by atoms with E-state index < -0.39 is 17.7 Å². The fourth-order valence-corrected chi connectivity index (χ4v) is 1.76. The molecule has 1 unspecified atom stereocenters. The smallest absolute Gasteiger partial charge is 0.129 e. The van der Waals surface area contributed by atoms with Gasteiger partial charge in [0.1, 0.15) is 11.6 Å². The first kappa shape index (κ1) is 12.6. The molecule has 0 aliphatic carbocycles. The SMILES string of the molecule is OC(CCc1ccccn1)c1cc(F)ccc1F. The molecule has 0 saturated carbocycles. The number of aliphatic hydroxyl groups is 1. The number of aromatic nitrogens is 1. The zero-order valence-corrected chi connectivity index (χ0v) is 9.68. The lowest BCUT2D eigenvalue weighted by atomic mass is 10.0. The van der Waals surface area contributed by atoms with E-state index in [1.165, 1.54) is 0 Å². The zero-order chi connectivity index (χ0) is 13.0. The average Bonchev–Trinajstić information content (AvgIpc) is 2.40. The fourth-order valence-electron chi connectivity index (χ4n) is 1.76. The molecule has 18 heavy (non-hydrogen) atoms. The maximum absolute atomic E-state index is 13.4. The largest absolute Gasteiger partial charge is 0.388 e. The average molecular weight is 249 g/mol. The van der Waals surface area contributed by atoms with E-state index in [0.717, 1.165) is 23.9 Å². The molecule has 2 nitrogen and oxygen atoms in total. The van der Waals surface area contributed by atoms with Crippen molar-refractivity contribution in [3.05, 3.63) is 65.5 Å². The standard InChI is InChI=1S/C14H13F2NO/c15-10-4-6-13(16)12(9-10)14(18)7-5-11-3-1-2-8-17-11/h1-4,6,8-9,14,18H,5,7H2. The molecule has 1 N–H and O–H groups in total. The summed E-state index contributed by atoms with van der Waals surface area (Å²) in [5, 5.41) is 9.85. The first-order chi connectivity index (χ1) is 8.66. The Hall–Kier alpha value is -1.81. The van der Waals surface area contributed by atoms with Gasteiger partial charge in [-0.2, -0.15) is 0 Å². The Kier molecular flexibility index (Phi) is 3.99. The third-order valence-corrected chi connectivity index (χ3v) is 2.72. The number of aliphatic hydroxyl groups excluding tert-OH is 1. The molecule has 1 atom stereocenters. The number of pyridine rings is 1. The minimum Gasteiger partial charge on any atom is -0.388 e. The lowest BCUT2D eigenvalue weighted by Crippen LogP contribution is -2.03. The highest BCUT2D eigenvalue weighted by Gasteiger charge is 2.14. The Morgan fingerprint density at radius 2 is 2.00 bits per heavy atom. The van der Waals surface area contributed by atoms with E-state index in [1.54, 1.807) is 12.3 Å². The van der Waals surface area contributed by atoms with E-state index in [4.69, 9.17) is 0 Å². The van der Waals surface area contributed by atoms with Crippen molar-refractivity contribution in [3.63, 3.8) is 0 Å². The number of halogens is 2. The highest BCUT2D eigenvalue weighted by Crippen LogP contribution is 2.22. The highest BCUT2D eigenvalue weighted by atomic mass is 19.1. The maximum Gasteiger partial charge on any atom is 0.129 e. The first-order valence-electron chi connectivity index (χ1n) is 5.70. The Labute approximate surface area is 104 Å². The highest BCUT2D eigenvalue weighted by molar-refractivity contribution is 5.21. The van der Waals surface area contributed by atoms with Crippen LogP contribution in [0.4, 0.5) is 8.78 Å². The summed E-state index contributed by atoms with van der Waals surface area (Å²) in [6, 6.07) is 8.55. The van der Waals surface area contributed by atoms with Gasteiger partial charge < -0.3 is 5.11 Å². The minimum atomic E-state index is -1.03. The Morgan fingerprint density at radius 1 is 1.17 bits per heavy atom. The lowest BCUT2D eigenvalue weighted by Gasteiger charge is -2.11. The fraction of sp³-hybridized carbons (Fsp3) is 0.214. The molecule has 0 aliphatic rings. The van der Waals surface area contributed by atoms with Crippen LogP contribution in [0.1, 0.15) is 23.8 Å². The van der Waals surface area contributed by atoms with Gasteiger partial charge in [-0.25, -0.2) is 8.78 Å². The first-order valence-corrected chi connectivity index (χ1v) is 5.70. The van der Waals surface area contributed by atoms with Gasteiger partial charge in [-0.1, -0.05) is 6.07 Å². The molecule has 0 fully saturated rings. The van der Waals surface area contributed by atoms with Crippen molar-refractivity contribution in [1.29, 1.82) is 0 Å². The van der Waals surface area contributed by atoms with Crippen molar-refractivity contribution in [2.24, 2.45) is 0 Å². The summed E-state index contributed by atoms with van der Waals surface area (Å²) in [6.07, 6.45) is 1.45. The second-order valence-corrected chi connectivity index (χ2v) is 4.04. The molecular formula is C14H13F2NO. The number of aryl methyl sites for hydroxylation is 1. The zero-order valence-electron chi connectivity index (χ0n) is 9.68. The van der Waals surface area contributed by atoms with Gasteiger partial charge in [0.25, 0.3) is 0 Å². The van der Waals surface area contributed by atoms with Gasteiger partial charge >= 0.3 is 0 Å². The monoisotopic (exact) mass is 249 g/mol. The number of hydrogen-bond donors (Lipinski definition) is 1. The maximum atomic E-state index is 13.4. The molecule has 0 amide bonds. The molecule has 0 spiro atoms. The molecular weight excluding hydrogens is 236 g/mol. The molecule has 0 saturated heterocycles. The van der Waals surface area contributed by atoms with Gasteiger partial charge in [-0.3, -0.25) is 4.98 Å². The summed E-state index contributed by atoms with van der Waals surface area (Å²) >= 11 is 0. The van der Waals surface area contributed by atoms with Gasteiger partial charge in [-0.15, -0.1) is 0 Å². The van der Waals surface area contributed by atoms with Crippen LogP contribution in [-0.4, -0.2) is 10.1 Å². The molecule has 0 radical (unpaired) electrons. The van der Waals surface area contributed by atoms with E-state index in [-0.39, 0.29) is 5.56 Å². The van der Waals surface area contributed by atoms with Crippen LogP contribution in [-0.2, 0) is 6.42 Å². The normalized spacial score (nSPS) is 12.4. The molecule has 1 heterocycles. The second-order valence-electron chi connectivity index (χ2n) is 4.04. The summed E-state index contributed by atoms with van der Waals surface area (Å²) in [5.41, 5.74) is 0.805. The van der Waals surface area contributed by atoms with E-state index in [1.807, 2.05) is 12.1 Å². The van der Waals surface area contributed by atoms with Crippen LogP contribution in [0.2, 0.25) is 0 Å². The molecule has 1 aromatic heterocycles. The third-order valence-electron chi connectivity index (χ3n) is 2.72. The molecule has 2 rings (SSSR count). The van der Waals surface area contributed by atoms with Crippen LogP contribution in [0.5, 0.6) is 0 Å². The summed E-state index contributed by atoms with van der Waals surface area (Å²) in [5.74, 6) is -1.15. The van der Waals surface area contributed by atoms with Crippen LogP contribution in [0, 0.1) is 11.6 Å². The van der Waals surface area contributed by atoms with Crippen LogP contribution in [0.15, 0.2) is 42.6 Å².